The number of ether oxygens (including phenoxy) is 2. The van der Waals surface area contributed by atoms with E-state index in [1.165, 1.54) is 0 Å². The van der Waals surface area contributed by atoms with Gasteiger partial charge < -0.3 is 14.3 Å². The molecule has 0 bridgehead atoms. The summed E-state index contributed by atoms with van der Waals surface area (Å²) in [6.07, 6.45) is 0. The SMILES string of the molecule is O=NOc1ccc2c(c1)OCO2. The maximum absolute atomic E-state index is 9.73. The second-order valence-electron chi connectivity index (χ2n) is 2.18. The van der Waals surface area contributed by atoms with Crippen LogP contribution < -0.4 is 14.3 Å². The fraction of sp³-hybridized carbons (Fsp3) is 0.143. The van der Waals surface area contributed by atoms with Crippen molar-refractivity contribution in [3.8, 4) is 17.2 Å². The first-order valence-corrected chi connectivity index (χ1v) is 3.29. The molecule has 5 nitrogen and oxygen atoms in total. The molecule has 1 aromatic carbocycles. The minimum absolute atomic E-state index is 0.202. The lowest BCUT2D eigenvalue weighted by atomic mass is 10.3. The molecule has 0 radical (unpaired) electrons. The number of rotatable bonds is 2. The van der Waals surface area contributed by atoms with Crippen molar-refractivity contribution in [3.05, 3.63) is 23.1 Å². The molecule has 5 heteroatoms. The van der Waals surface area contributed by atoms with Crippen LogP contribution in [0.15, 0.2) is 23.5 Å². The van der Waals surface area contributed by atoms with Gasteiger partial charge >= 0.3 is 0 Å². The minimum atomic E-state index is 0.202. The maximum atomic E-state index is 9.73. The molecule has 1 aromatic rings. The van der Waals surface area contributed by atoms with E-state index in [0.717, 1.165) is 0 Å². The Balaban J connectivity index is 2.32. The van der Waals surface area contributed by atoms with Crippen molar-refractivity contribution in [1.82, 2.24) is 0 Å². The highest BCUT2D eigenvalue weighted by atomic mass is 16.7. The molecule has 0 aromatic heterocycles. The fourth-order valence-electron chi connectivity index (χ4n) is 0.977. The van der Waals surface area contributed by atoms with Gasteiger partial charge in [0.15, 0.2) is 22.6 Å². The van der Waals surface area contributed by atoms with Gasteiger partial charge in [-0.25, -0.2) is 0 Å². The standard InChI is InChI=1S/C7H5NO4/c9-8-12-5-1-2-6-7(3-5)11-4-10-6/h1-3H,4H2. The Bertz CT molecular complexity index is 312. The Morgan fingerprint density at radius 3 is 3.00 bits per heavy atom. The molecule has 0 unspecified atom stereocenters. The van der Waals surface area contributed by atoms with Crippen molar-refractivity contribution in [2.24, 2.45) is 5.34 Å². The number of hydrogen-bond donors (Lipinski definition) is 0. The van der Waals surface area contributed by atoms with E-state index >= 15 is 0 Å². The third kappa shape index (κ3) is 1.05. The van der Waals surface area contributed by atoms with Crippen LogP contribution in [0.4, 0.5) is 0 Å². The quantitative estimate of drug-likeness (QED) is 0.494. The van der Waals surface area contributed by atoms with Crippen LogP contribution in [0, 0.1) is 4.91 Å². The van der Waals surface area contributed by atoms with Gasteiger partial charge in [0.2, 0.25) is 6.79 Å². The van der Waals surface area contributed by atoms with Gasteiger partial charge in [0.05, 0.1) is 0 Å². The van der Waals surface area contributed by atoms with E-state index in [4.69, 9.17) is 9.47 Å². The lowest BCUT2D eigenvalue weighted by molar-refractivity contribution is 0.173. The third-order valence-electron chi connectivity index (χ3n) is 1.49. The van der Waals surface area contributed by atoms with Crippen LogP contribution in [0.1, 0.15) is 0 Å². The van der Waals surface area contributed by atoms with E-state index in [1.807, 2.05) is 0 Å². The molecule has 62 valence electrons. The Labute approximate surface area is 67.8 Å². The number of benzene rings is 1. The maximum Gasteiger partial charge on any atom is 0.231 e. The van der Waals surface area contributed by atoms with Crippen LogP contribution in [-0.2, 0) is 0 Å². The van der Waals surface area contributed by atoms with Crippen LogP contribution in [0.3, 0.4) is 0 Å². The monoisotopic (exact) mass is 167 g/mol. The minimum Gasteiger partial charge on any atom is -0.454 e. The largest absolute Gasteiger partial charge is 0.454 e. The Morgan fingerprint density at radius 2 is 2.17 bits per heavy atom. The predicted octanol–water partition coefficient (Wildman–Crippen LogP) is 1.48. The first-order valence-electron chi connectivity index (χ1n) is 3.29. The summed E-state index contributed by atoms with van der Waals surface area (Å²) in [6, 6.07) is 4.78. The van der Waals surface area contributed by atoms with Crippen molar-refractivity contribution in [2.75, 3.05) is 6.79 Å². The molecular weight excluding hydrogens is 162 g/mol. The molecule has 0 spiro atoms. The molecule has 0 fully saturated rings. The average Bonchev–Trinajstić information content (AvgIpc) is 2.51. The summed E-state index contributed by atoms with van der Waals surface area (Å²) in [6.45, 7) is 0.202. The number of fused-ring (bicyclic) bond motifs is 1. The van der Waals surface area contributed by atoms with Gasteiger partial charge in [-0.15, -0.1) is 4.91 Å². The molecule has 12 heavy (non-hydrogen) atoms. The van der Waals surface area contributed by atoms with Crippen LogP contribution in [0.2, 0.25) is 0 Å². The molecule has 0 aliphatic carbocycles. The summed E-state index contributed by atoms with van der Waals surface area (Å²) in [4.78, 5) is 14.1. The molecule has 0 saturated carbocycles. The zero-order valence-electron chi connectivity index (χ0n) is 6.02. The summed E-state index contributed by atoms with van der Waals surface area (Å²) in [5.74, 6) is 1.55. The molecule has 0 N–H and O–H groups in total. The number of nitrogens with zero attached hydrogens (tertiary/aromatic N) is 1. The normalized spacial score (nSPS) is 12.7. The topological polar surface area (TPSA) is 57.1 Å². The molecule has 1 aliphatic rings. The summed E-state index contributed by atoms with van der Waals surface area (Å²) < 4.78 is 10.1. The van der Waals surface area contributed by atoms with Crippen molar-refractivity contribution in [2.45, 2.75) is 0 Å². The zero-order chi connectivity index (χ0) is 8.39. The van der Waals surface area contributed by atoms with Crippen LogP contribution >= 0.6 is 0 Å². The lowest BCUT2D eigenvalue weighted by Gasteiger charge is -1.96. The summed E-state index contributed by atoms with van der Waals surface area (Å²) in [5, 5.41) is 2.29. The van der Waals surface area contributed by atoms with E-state index in [0.29, 0.717) is 17.2 Å². The Hall–Kier alpha value is -1.78. The average molecular weight is 167 g/mol. The van der Waals surface area contributed by atoms with Gasteiger partial charge in [0.1, 0.15) is 0 Å². The van der Waals surface area contributed by atoms with Crippen LogP contribution in [-0.4, -0.2) is 6.79 Å². The second-order valence-corrected chi connectivity index (χ2v) is 2.18. The van der Waals surface area contributed by atoms with E-state index < -0.39 is 0 Å². The second kappa shape index (κ2) is 2.69. The van der Waals surface area contributed by atoms with Gasteiger partial charge in [-0.1, -0.05) is 0 Å². The van der Waals surface area contributed by atoms with Crippen LogP contribution in [0.25, 0.3) is 0 Å². The summed E-state index contributed by atoms with van der Waals surface area (Å²) in [5.41, 5.74) is 0. The molecule has 0 amide bonds. The first-order chi connectivity index (χ1) is 5.90. The van der Waals surface area contributed by atoms with Gasteiger partial charge in [-0.05, 0) is 12.1 Å². The van der Waals surface area contributed by atoms with Gasteiger partial charge in [0.25, 0.3) is 0 Å². The zero-order valence-corrected chi connectivity index (χ0v) is 6.02. The molecule has 1 heterocycles. The molecule has 0 saturated heterocycles. The van der Waals surface area contributed by atoms with Crippen molar-refractivity contribution in [3.63, 3.8) is 0 Å². The highest BCUT2D eigenvalue weighted by Crippen LogP contribution is 2.34. The Kier molecular flexibility index (Phi) is 1.55. The van der Waals surface area contributed by atoms with Gasteiger partial charge in [-0.3, -0.25) is 0 Å². The van der Waals surface area contributed by atoms with E-state index in [2.05, 4.69) is 10.2 Å². The smallest absolute Gasteiger partial charge is 0.231 e. The third-order valence-corrected chi connectivity index (χ3v) is 1.49. The van der Waals surface area contributed by atoms with Crippen LogP contribution in [0.5, 0.6) is 17.2 Å². The van der Waals surface area contributed by atoms with E-state index in [1.54, 1.807) is 18.2 Å². The Morgan fingerprint density at radius 1 is 1.33 bits per heavy atom. The highest BCUT2D eigenvalue weighted by Gasteiger charge is 2.13. The van der Waals surface area contributed by atoms with E-state index in [-0.39, 0.29) is 6.79 Å². The summed E-state index contributed by atoms with van der Waals surface area (Å²) >= 11 is 0. The predicted molar refractivity (Wildman–Crippen MR) is 39.0 cm³/mol. The van der Waals surface area contributed by atoms with Crippen molar-refractivity contribution in [1.29, 1.82) is 0 Å². The lowest BCUT2D eigenvalue weighted by Crippen LogP contribution is -1.92. The molecular formula is C7H5NO4. The number of hydrogen-bond acceptors (Lipinski definition) is 5. The van der Waals surface area contributed by atoms with Gasteiger partial charge in [0, 0.05) is 6.07 Å². The van der Waals surface area contributed by atoms with E-state index in [9.17, 15) is 4.91 Å². The highest BCUT2D eigenvalue weighted by molar-refractivity contribution is 5.46. The van der Waals surface area contributed by atoms with Crippen molar-refractivity contribution < 1.29 is 14.3 Å². The summed E-state index contributed by atoms with van der Waals surface area (Å²) in [7, 11) is 0. The molecule has 0 atom stereocenters. The van der Waals surface area contributed by atoms with Gasteiger partial charge in [-0.2, -0.15) is 0 Å². The molecule has 2 rings (SSSR count). The fourth-order valence-corrected chi connectivity index (χ4v) is 0.977. The van der Waals surface area contributed by atoms with Crippen molar-refractivity contribution >= 4 is 0 Å². The first kappa shape index (κ1) is 6.90. The molecule has 1 aliphatic heterocycles.